The maximum atomic E-state index is 13.1. The molecule has 2 aliphatic rings. The minimum absolute atomic E-state index is 0.0359. The molecule has 3 heterocycles. The van der Waals surface area contributed by atoms with Crippen molar-refractivity contribution in [2.75, 3.05) is 23.7 Å². The van der Waals surface area contributed by atoms with Gasteiger partial charge in [-0.15, -0.1) is 11.3 Å². The lowest BCUT2D eigenvalue weighted by molar-refractivity contribution is -0.781. The van der Waals surface area contributed by atoms with E-state index < -0.39 is 6.04 Å². The summed E-state index contributed by atoms with van der Waals surface area (Å²) in [5.74, 6) is -0.591. The summed E-state index contributed by atoms with van der Waals surface area (Å²) in [6, 6.07) is 22.9. The highest BCUT2D eigenvalue weighted by Gasteiger charge is 2.50. The first kappa shape index (κ1) is 30.1. The first-order valence-corrected chi connectivity index (χ1v) is 15.8. The number of hydrogen-bond donors (Lipinski definition) is 2. The van der Waals surface area contributed by atoms with Gasteiger partial charge in [-0.3, -0.25) is 14.9 Å². The minimum atomic E-state index is -0.682. The molecule has 2 N–H and O–H groups in total. The number of rotatable bonds is 6. The number of aromatic nitrogens is 1. The van der Waals surface area contributed by atoms with Gasteiger partial charge in [0.2, 0.25) is 0 Å². The van der Waals surface area contributed by atoms with Crippen LogP contribution in [0, 0.1) is 0 Å². The van der Waals surface area contributed by atoms with Crippen LogP contribution in [0.1, 0.15) is 37.0 Å². The van der Waals surface area contributed by atoms with Gasteiger partial charge in [0.05, 0.1) is 19.2 Å². The molecule has 228 valence electrons. The molecule has 0 saturated carbocycles. The van der Waals surface area contributed by atoms with Crippen LogP contribution in [0.4, 0.5) is 16.2 Å². The molecule has 0 bridgehead atoms. The summed E-state index contributed by atoms with van der Waals surface area (Å²) in [7, 11) is 0. The zero-order chi connectivity index (χ0) is 31.6. The van der Waals surface area contributed by atoms with Gasteiger partial charge >= 0.3 is 11.9 Å². The third-order valence-electron chi connectivity index (χ3n) is 8.65. The van der Waals surface area contributed by atoms with E-state index in [2.05, 4.69) is 10.6 Å². The van der Waals surface area contributed by atoms with E-state index in [0.717, 1.165) is 34.7 Å². The average Bonchev–Trinajstić information content (AvgIpc) is 3.82. The first-order chi connectivity index (χ1) is 21.8. The molecule has 4 aromatic rings. The Morgan fingerprint density at radius 3 is 2.20 bits per heavy atom. The van der Waals surface area contributed by atoms with Crippen molar-refractivity contribution in [3.63, 3.8) is 0 Å². The number of carbonyl (C=O) groups excluding carboxylic acids is 4. The van der Waals surface area contributed by atoms with Crippen molar-refractivity contribution in [2.24, 2.45) is 0 Å². The fourth-order valence-electron chi connectivity index (χ4n) is 6.09. The number of amides is 5. The van der Waals surface area contributed by atoms with Crippen LogP contribution >= 0.6 is 11.3 Å². The molecular weight excluding hydrogens is 586 g/mol. The van der Waals surface area contributed by atoms with Crippen molar-refractivity contribution < 1.29 is 23.7 Å². The number of hydrogen-bond acceptors (Lipinski definition) is 6. The Morgan fingerprint density at radius 1 is 0.889 bits per heavy atom. The third-order valence-corrected chi connectivity index (χ3v) is 9.54. The molecular formula is C35H34N5O4S+. The molecule has 5 amide bonds. The normalized spacial score (nSPS) is 20.6. The van der Waals surface area contributed by atoms with Crippen molar-refractivity contribution in [2.45, 2.75) is 38.8 Å². The van der Waals surface area contributed by atoms with Gasteiger partial charge in [-0.25, -0.2) is 14.6 Å². The van der Waals surface area contributed by atoms with Gasteiger partial charge in [0.15, 0.2) is 0 Å². The largest absolute Gasteiger partial charge is 0.428 e. The van der Waals surface area contributed by atoms with Crippen molar-refractivity contribution >= 4 is 46.5 Å². The summed E-state index contributed by atoms with van der Waals surface area (Å²) in [4.78, 5) is 58.0. The van der Waals surface area contributed by atoms with Crippen LogP contribution in [0.2, 0.25) is 0 Å². The smallest absolute Gasteiger partial charge is 0.324 e. The fraction of sp³-hybridized carbons (Fsp3) is 0.229. The van der Waals surface area contributed by atoms with Gasteiger partial charge in [0.25, 0.3) is 11.8 Å². The topological polar surface area (TPSA) is 108 Å². The van der Waals surface area contributed by atoms with Crippen molar-refractivity contribution in [3.05, 3.63) is 102 Å². The van der Waals surface area contributed by atoms with Crippen LogP contribution in [-0.2, 0) is 9.59 Å². The Morgan fingerprint density at radius 2 is 1.56 bits per heavy atom. The predicted octanol–water partition coefficient (Wildman–Crippen LogP) is 6.57. The van der Waals surface area contributed by atoms with E-state index in [4.69, 9.17) is 4.98 Å². The lowest BCUT2D eigenvalue weighted by Crippen LogP contribution is -2.59. The second kappa shape index (κ2) is 12.6. The fourth-order valence-corrected chi connectivity index (χ4v) is 6.93. The zero-order valence-electron chi connectivity index (χ0n) is 25.1. The van der Waals surface area contributed by atoms with E-state index in [-0.39, 0.29) is 34.3 Å². The summed E-state index contributed by atoms with van der Waals surface area (Å²) in [5.41, 5.74) is 4.43. The van der Waals surface area contributed by atoms with Gasteiger partial charge in [0, 0.05) is 52.8 Å². The number of carbonyl (C=O) groups is 4. The highest BCUT2D eigenvalue weighted by molar-refractivity contribution is 7.13. The Hall–Kier alpha value is -4.93. The molecule has 1 saturated heterocycles. The number of nitrogens with one attached hydrogen (secondary N) is 2. The SMILES string of the molecule is CC(=O)[N+]1(C(=O)Nc2ccc(-c3nc(-c4ccc(NC(=O)[C@@H]5C=CCN5C(=O)c5ccccc5)cc4)cs3)cc2)CCC[C@H]1C. The van der Waals surface area contributed by atoms with Crippen LogP contribution in [-0.4, -0.2) is 63.3 Å². The van der Waals surface area contributed by atoms with Gasteiger partial charge < -0.3 is 10.2 Å². The summed E-state index contributed by atoms with van der Waals surface area (Å²) < 4.78 is -0.163. The summed E-state index contributed by atoms with van der Waals surface area (Å²) >= 11 is 1.51. The lowest BCUT2D eigenvalue weighted by Gasteiger charge is -2.31. The summed E-state index contributed by atoms with van der Waals surface area (Å²) in [5, 5.41) is 8.67. The number of nitrogens with zero attached hydrogens (tertiary/aromatic N) is 3. The van der Waals surface area contributed by atoms with Gasteiger partial charge in [-0.1, -0.05) is 42.5 Å². The number of likely N-dealkylation sites (tertiary alicyclic amines) is 1. The molecule has 10 heteroatoms. The quantitative estimate of drug-likeness (QED) is 0.187. The van der Waals surface area contributed by atoms with Crippen molar-refractivity contribution in [3.8, 4) is 21.8 Å². The first-order valence-electron chi connectivity index (χ1n) is 15.0. The van der Waals surface area contributed by atoms with Crippen LogP contribution < -0.4 is 10.6 Å². The number of imide groups is 1. The summed E-state index contributed by atoms with van der Waals surface area (Å²) in [6.07, 6.45) is 5.28. The zero-order valence-corrected chi connectivity index (χ0v) is 25.9. The summed E-state index contributed by atoms with van der Waals surface area (Å²) in [6.45, 7) is 4.36. The number of anilines is 2. The molecule has 3 aromatic carbocycles. The van der Waals surface area contributed by atoms with E-state index in [1.807, 2.05) is 73.0 Å². The molecule has 3 atom stereocenters. The van der Waals surface area contributed by atoms with Crippen LogP contribution in [0.25, 0.3) is 21.8 Å². The lowest BCUT2D eigenvalue weighted by atomic mass is 10.1. The third kappa shape index (κ3) is 5.94. The van der Waals surface area contributed by atoms with Gasteiger partial charge in [0.1, 0.15) is 17.1 Å². The molecule has 1 fully saturated rings. The van der Waals surface area contributed by atoms with Gasteiger partial charge in [-0.05, 0) is 55.5 Å². The molecule has 0 radical (unpaired) electrons. The molecule has 0 aliphatic carbocycles. The van der Waals surface area contributed by atoms with Crippen molar-refractivity contribution in [1.82, 2.24) is 9.88 Å². The van der Waals surface area contributed by atoms with Crippen LogP contribution in [0.3, 0.4) is 0 Å². The Kier molecular flexibility index (Phi) is 8.42. The van der Waals surface area contributed by atoms with Gasteiger partial charge in [-0.2, -0.15) is 4.48 Å². The van der Waals surface area contributed by atoms with E-state index in [9.17, 15) is 19.2 Å². The van der Waals surface area contributed by atoms with Crippen LogP contribution in [0.5, 0.6) is 0 Å². The Balaban J connectivity index is 1.08. The van der Waals surface area contributed by atoms with Crippen LogP contribution in [0.15, 0.2) is 96.4 Å². The maximum absolute atomic E-state index is 13.1. The highest BCUT2D eigenvalue weighted by atomic mass is 32.1. The van der Waals surface area contributed by atoms with Crippen molar-refractivity contribution in [1.29, 1.82) is 0 Å². The standard InChI is InChI=1S/C35H33N5O4S/c1-23-8-7-21-40(23,24(2)41)35(44)37-29-18-14-26(15-19-29)33-38-30(22-45-33)25-12-16-28(17-13-25)36-32(42)31-11-6-20-39(31)34(43)27-9-4-3-5-10-27/h3-6,9-19,22-23,31H,7-8,20-21H2,1-2H3,(H-,36,37,38,42,44)/p+1/t23-,31+,40?/m1/s1. The molecule has 0 spiro atoms. The predicted molar refractivity (Wildman–Crippen MR) is 176 cm³/mol. The number of thiazole rings is 1. The second-order valence-electron chi connectivity index (χ2n) is 11.4. The number of benzene rings is 3. The number of quaternary nitrogens is 1. The molecule has 2 aliphatic heterocycles. The maximum Gasteiger partial charge on any atom is 0.428 e. The molecule has 1 unspecified atom stereocenters. The molecule has 45 heavy (non-hydrogen) atoms. The monoisotopic (exact) mass is 620 g/mol. The molecule has 6 rings (SSSR count). The van der Waals surface area contributed by atoms with E-state index in [1.54, 1.807) is 35.2 Å². The van der Waals surface area contributed by atoms with E-state index in [0.29, 0.717) is 30.0 Å². The highest BCUT2D eigenvalue weighted by Crippen LogP contribution is 2.32. The number of urea groups is 1. The Labute approximate surface area is 265 Å². The minimum Gasteiger partial charge on any atom is -0.324 e. The van der Waals surface area contributed by atoms with E-state index >= 15 is 0 Å². The second-order valence-corrected chi connectivity index (χ2v) is 12.3. The molecule has 9 nitrogen and oxygen atoms in total. The Bertz CT molecular complexity index is 1770. The van der Waals surface area contributed by atoms with E-state index in [1.165, 1.54) is 18.3 Å². The average molecular weight is 621 g/mol. The molecule has 1 aromatic heterocycles.